The van der Waals surface area contributed by atoms with Gasteiger partial charge in [-0.15, -0.1) is 0 Å². The van der Waals surface area contributed by atoms with Crippen LogP contribution in [0, 0.1) is 22.5 Å². The van der Waals surface area contributed by atoms with Crippen LogP contribution >= 0.6 is 12.6 Å². The van der Waals surface area contributed by atoms with Crippen LogP contribution in [0.25, 0.3) is 0 Å². The number of aryl methyl sites for hydroxylation is 1. The molecule has 4 nitrogen and oxygen atoms in total. The second-order valence-electron chi connectivity index (χ2n) is 5.65. The molecule has 0 saturated carbocycles. The number of benzene rings is 1. The van der Waals surface area contributed by atoms with Crippen LogP contribution < -0.4 is 4.74 Å². The van der Waals surface area contributed by atoms with Crippen molar-refractivity contribution in [2.75, 3.05) is 12.4 Å². The highest BCUT2D eigenvalue weighted by atomic mass is 32.1. The van der Waals surface area contributed by atoms with Gasteiger partial charge in [0.05, 0.1) is 11.5 Å². The fourth-order valence-corrected chi connectivity index (χ4v) is 3.08. The molecule has 0 bridgehead atoms. The maximum atomic E-state index is 10.8. The van der Waals surface area contributed by atoms with Crippen LogP contribution in [-0.2, 0) is 0 Å². The highest BCUT2D eigenvalue weighted by Crippen LogP contribution is 2.33. The van der Waals surface area contributed by atoms with Crippen molar-refractivity contribution in [2.45, 2.75) is 46.5 Å². The molecular weight excluding hydrogens is 286 g/mol. The fourth-order valence-electron chi connectivity index (χ4n) is 2.67. The number of nitrogens with zero attached hydrogens (tertiary/aromatic N) is 1. The normalized spacial score (nSPS) is 11.4. The average molecular weight is 311 g/mol. The molecule has 0 fully saturated rings. The molecular formula is C16H25NO3S. The lowest BCUT2D eigenvalue weighted by atomic mass is 9.82. The summed E-state index contributed by atoms with van der Waals surface area (Å²) in [5, 5.41) is 10.8. The van der Waals surface area contributed by atoms with Crippen molar-refractivity contribution in [1.29, 1.82) is 0 Å². The van der Waals surface area contributed by atoms with Gasteiger partial charge < -0.3 is 4.74 Å². The van der Waals surface area contributed by atoms with Crippen molar-refractivity contribution in [3.63, 3.8) is 0 Å². The van der Waals surface area contributed by atoms with E-state index in [-0.39, 0.29) is 16.0 Å². The van der Waals surface area contributed by atoms with Gasteiger partial charge in [0.2, 0.25) is 0 Å². The van der Waals surface area contributed by atoms with E-state index in [2.05, 4.69) is 26.5 Å². The van der Waals surface area contributed by atoms with Crippen LogP contribution in [0.4, 0.5) is 5.69 Å². The van der Waals surface area contributed by atoms with E-state index in [1.165, 1.54) is 6.07 Å². The third-order valence-corrected chi connectivity index (χ3v) is 4.47. The summed E-state index contributed by atoms with van der Waals surface area (Å²) in [7, 11) is 0. The first-order chi connectivity index (χ1) is 9.98. The summed E-state index contributed by atoms with van der Waals surface area (Å²) in [4.78, 5) is 10.4. The Balaban J connectivity index is 2.82. The van der Waals surface area contributed by atoms with E-state index >= 15 is 0 Å². The lowest BCUT2D eigenvalue weighted by Gasteiger charge is -2.32. The molecule has 21 heavy (non-hydrogen) atoms. The Morgan fingerprint density at radius 2 is 1.90 bits per heavy atom. The SMILES string of the molecule is CCCC(CS)(CCC)COc1ccc([N+](=O)[O-])cc1C. The van der Waals surface area contributed by atoms with Gasteiger partial charge >= 0.3 is 0 Å². The third kappa shape index (κ3) is 4.92. The molecule has 0 radical (unpaired) electrons. The summed E-state index contributed by atoms with van der Waals surface area (Å²) in [5.74, 6) is 1.51. The first kappa shape index (κ1) is 17.8. The monoisotopic (exact) mass is 311 g/mol. The Morgan fingerprint density at radius 3 is 2.33 bits per heavy atom. The second kappa shape index (κ2) is 8.27. The minimum atomic E-state index is -0.386. The van der Waals surface area contributed by atoms with Crippen LogP contribution in [0.1, 0.15) is 45.1 Å². The first-order valence-corrected chi connectivity index (χ1v) is 8.10. The number of rotatable bonds is 9. The molecule has 1 aromatic carbocycles. The predicted octanol–water partition coefficient (Wildman–Crippen LogP) is 4.80. The number of nitro groups is 1. The van der Waals surface area contributed by atoms with Crippen molar-refractivity contribution >= 4 is 18.3 Å². The third-order valence-electron chi connectivity index (χ3n) is 3.80. The zero-order chi connectivity index (χ0) is 15.9. The zero-order valence-corrected chi connectivity index (χ0v) is 14.0. The smallest absolute Gasteiger partial charge is 0.269 e. The van der Waals surface area contributed by atoms with Gasteiger partial charge in [0.15, 0.2) is 0 Å². The summed E-state index contributed by atoms with van der Waals surface area (Å²) in [6.45, 7) is 6.79. The van der Waals surface area contributed by atoms with Gasteiger partial charge in [-0.3, -0.25) is 10.1 Å². The maximum absolute atomic E-state index is 10.8. The molecule has 118 valence electrons. The molecule has 0 amide bonds. The Labute approximate surface area is 132 Å². The maximum Gasteiger partial charge on any atom is 0.269 e. The molecule has 0 aromatic heterocycles. The molecule has 1 aromatic rings. The van der Waals surface area contributed by atoms with E-state index in [4.69, 9.17) is 4.74 Å². The second-order valence-corrected chi connectivity index (χ2v) is 5.97. The predicted molar refractivity (Wildman–Crippen MR) is 89.4 cm³/mol. The summed E-state index contributed by atoms with van der Waals surface area (Å²) in [6.07, 6.45) is 4.36. The number of hydrogen-bond donors (Lipinski definition) is 1. The van der Waals surface area contributed by atoms with E-state index in [1.807, 2.05) is 6.92 Å². The van der Waals surface area contributed by atoms with Gasteiger partial charge in [0, 0.05) is 17.5 Å². The number of thiol groups is 1. The van der Waals surface area contributed by atoms with Crippen molar-refractivity contribution < 1.29 is 9.66 Å². The van der Waals surface area contributed by atoms with Crippen molar-refractivity contribution in [3.8, 4) is 5.75 Å². The molecule has 0 unspecified atom stereocenters. The van der Waals surface area contributed by atoms with Crippen molar-refractivity contribution in [3.05, 3.63) is 33.9 Å². The van der Waals surface area contributed by atoms with E-state index in [0.29, 0.717) is 6.61 Å². The molecule has 0 atom stereocenters. The molecule has 0 aliphatic heterocycles. The summed E-state index contributed by atoms with van der Waals surface area (Å²) in [6, 6.07) is 4.73. The minimum absolute atomic E-state index is 0.0842. The minimum Gasteiger partial charge on any atom is -0.493 e. The Bertz CT molecular complexity index is 471. The van der Waals surface area contributed by atoms with E-state index in [9.17, 15) is 10.1 Å². The first-order valence-electron chi connectivity index (χ1n) is 7.46. The molecule has 0 aliphatic rings. The molecule has 0 N–H and O–H groups in total. The lowest BCUT2D eigenvalue weighted by Crippen LogP contribution is -2.30. The fraction of sp³-hybridized carbons (Fsp3) is 0.625. The summed E-state index contributed by atoms with van der Waals surface area (Å²) in [5.41, 5.74) is 0.980. The Kier molecular flexibility index (Phi) is 7.02. The molecule has 5 heteroatoms. The molecule has 0 saturated heterocycles. The Hall–Kier alpha value is -1.23. The van der Waals surface area contributed by atoms with E-state index < -0.39 is 0 Å². The molecule has 0 heterocycles. The number of hydrogen-bond acceptors (Lipinski definition) is 4. The van der Waals surface area contributed by atoms with E-state index in [1.54, 1.807) is 12.1 Å². The highest BCUT2D eigenvalue weighted by molar-refractivity contribution is 7.80. The number of non-ortho nitro benzene ring substituents is 1. The van der Waals surface area contributed by atoms with Gasteiger partial charge in [0.1, 0.15) is 5.75 Å². The quantitative estimate of drug-likeness (QED) is 0.405. The Morgan fingerprint density at radius 1 is 1.29 bits per heavy atom. The summed E-state index contributed by atoms with van der Waals surface area (Å²) < 4.78 is 5.96. The average Bonchev–Trinajstić information content (AvgIpc) is 2.46. The lowest BCUT2D eigenvalue weighted by molar-refractivity contribution is -0.384. The van der Waals surface area contributed by atoms with Gasteiger partial charge in [-0.25, -0.2) is 0 Å². The van der Waals surface area contributed by atoms with Gasteiger partial charge in [-0.05, 0) is 37.1 Å². The molecule has 0 aliphatic carbocycles. The standard InChI is InChI=1S/C16H25NO3S/c1-4-8-16(12-21,9-5-2)11-20-15-7-6-14(17(18)19)10-13(15)3/h6-7,10,21H,4-5,8-9,11-12H2,1-3H3. The van der Waals surface area contributed by atoms with Crippen molar-refractivity contribution in [1.82, 2.24) is 0 Å². The highest BCUT2D eigenvalue weighted by Gasteiger charge is 2.28. The summed E-state index contributed by atoms with van der Waals surface area (Å²) >= 11 is 4.52. The number of ether oxygens (including phenoxy) is 1. The topological polar surface area (TPSA) is 52.4 Å². The molecule has 1 rings (SSSR count). The van der Waals surface area contributed by atoms with Crippen LogP contribution in [0.5, 0.6) is 5.75 Å². The van der Waals surface area contributed by atoms with Gasteiger partial charge in [0.25, 0.3) is 5.69 Å². The zero-order valence-electron chi connectivity index (χ0n) is 13.1. The van der Waals surface area contributed by atoms with Crippen LogP contribution in [0.3, 0.4) is 0 Å². The van der Waals surface area contributed by atoms with Crippen molar-refractivity contribution in [2.24, 2.45) is 5.41 Å². The van der Waals surface area contributed by atoms with Gasteiger partial charge in [-0.1, -0.05) is 26.7 Å². The largest absolute Gasteiger partial charge is 0.493 e. The number of nitro benzene ring substituents is 1. The van der Waals surface area contributed by atoms with Gasteiger partial charge in [-0.2, -0.15) is 12.6 Å². The van der Waals surface area contributed by atoms with E-state index in [0.717, 1.165) is 42.7 Å². The van der Waals surface area contributed by atoms with Crippen LogP contribution in [-0.4, -0.2) is 17.3 Å². The van der Waals surface area contributed by atoms with Crippen LogP contribution in [0.2, 0.25) is 0 Å². The molecule has 0 spiro atoms. The van der Waals surface area contributed by atoms with Crippen LogP contribution in [0.15, 0.2) is 18.2 Å².